The van der Waals surface area contributed by atoms with Crippen LogP contribution < -0.4 is 5.32 Å². The summed E-state index contributed by atoms with van der Waals surface area (Å²) in [5.41, 5.74) is 3.35. The summed E-state index contributed by atoms with van der Waals surface area (Å²) in [6, 6.07) is 12.2. The van der Waals surface area contributed by atoms with Crippen molar-refractivity contribution in [3.05, 3.63) is 66.5 Å². The number of carbonyl (C=O) groups excluding carboxylic acids is 1. The van der Waals surface area contributed by atoms with Crippen LogP contribution in [0.15, 0.2) is 60.9 Å². The standard InChI is InChI=1S/C19H20N2O/c22-19(12-15-4-1-2-5-15)21-13-16-7-9-17(10-8-16)18-6-3-11-20-14-18/h1,3-4,6-11,14-15H,2,5,12-13H2,(H,21,22)/t15-/m0/s1. The number of aromatic nitrogens is 1. The summed E-state index contributed by atoms with van der Waals surface area (Å²) >= 11 is 0. The number of hydrogen-bond donors (Lipinski definition) is 1. The minimum Gasteiger partial charge on any atom is -0.352 e. The van der Waals surface area contributed by atoms with Gasteiger partial charge in [-0.1, -0.05) is 42.5 Å². The van der Waals surface area contributed by atoms with Gasteiger partial charge in [-0.2, -0.15) is 0 Å². The van der Waals surface area contributed by atoms with Crippen molar-refractivity contribution >= 4 is 5.91 Å². The summed E-state index contributed by atoms with van der Waals surface area (Å²) in [5.74, 6) is 0.556. The Labute approximate surface area is 131 Å². The van der Waals surface area contributed by atoms with Crippen LogP contribution in [0.3, 0.4) is 0 Å². The molecule has 0 spiro atoms. The quantitative estimate of drug-likeness (QED) is 0.853. The summed E-state index contributed by atoms with van der Waals surface area (Å²) in [5, 5.41) is 3.00. The lowest BCUT2D eigenvalue weighted by Gasteiger charge is -2.09. The third-order valence-electron chi connectivity index (χ3n) is 4.00. The maximum atomic E-state index is 11.9. The van der Waals surface area contributed by atoms with E-state index >= 15 is 0 Å². The molecule has 0 saturated carbocycles. The van der Waals surface area contributed by atoms with Crippen molar-refractivity contribution in [3.8, 4) is 11.1 Å². The Morgan fingerprint density at radius 1 is 1.18 bits per heavy atom. The molecular formula is C19H20N2O. The second-order valence-electron chi connectivity index (χ2n) is 5.69. The normalized spacial score (nSPS) is 16.6. The number of nitrogens with zero attached hydrogens (tertiary/aromatic N) is 1. The highest BCUT2D eigenvalue weighted by atomic mass is 16.1. The van der Waals surface area contributed by atoms with E-state index in [1.54, 1.807) is 6.20 Å². The number of pyridine rings is 1. The molecule has 0 fully saturated rings. The van der Waals surface area contributed by atoms with Crippen molar-refractivity contribution in [1.82, 2.24) is 10.3 Å². The van der Waals surface area contributed by atoms with Crippen molar-refractivity contribution in [2.24, 2.45) is 5.92 Å². The second-order valence-corrected chi connectivity index (χ2v) is 5.69. The van der Waals surface area contributed by atoms with E-state index in [9.17, 15) is 4.79 Å². The second kappa shape index (κ2) is 7.03. The van der Waals surface area contributed by atoms with Gasteiger partial charge in [-0.05, 0) is 41.5 Å². The van der Waals surface area contributed by atoms with Crippen LogP contribution in [-0.4, -0.2) is 10.9 Å². The third-order valence-corrected chi connectivity index (χ3v) is 4.00. The molecule has 3 nitrogen and oxygen atoms in total. The summed E-state index contributed by atoms with van der Waals surface area (Å²) in [4.78, 5) is 16.0. The zero-order valence-corrected chi connectivity index (χ0v) is 12.5. The smallest absolute Gasteiger partial charge is 0.220 e. The molecule has 1 aliphatic rings. The molecule has 0 bridgehead atoms. The first-order valence-corrected chi connectivity index (χ1v) is 7.74. The van der Waals surface area contributed by atoms with Gasteiger partial charge < -0.3 is 5.32 Å². The molecule has 1 aliphatic carbocycles. The molecule has 1 heterocycles. The van der Waals surface area contributed by atoms with Gasteiger partial charge in [0.05, 0.1) is 0 Å². The number of rotatable bonds is 5. The number of carbonyl (C=O) groups is 1. The predicted molar refractivity (Wildman–Crippen MR) is 88.0 cm³/mol. The minimum absolute atomic E-state index is 0.132. The van der Waals surface area contributed by atoms with Crippen LogP contribution in [0.1, 0.15) is 24.8 Å². The molecule has 2 aromatic rings. The average Bonchev–Trinajstić information content (AvgIpc) is 3.07. The maximum Gasteiger partial charge on any atom is 0.220 e. The highest BCUT2D eigenvalue weighted by Gasteiger charge is 2.13. The zero-order valence-electron chi connectivity index (χ0n) is 12.5. The van der Waals surface area contributed by atoms with Crippen LogP contribution in [0.5, 0.6) is 0 Å². The lowest BCUT2D eigenvalue weighted by Crippen LogP contribution is -2.24. The molecule has 112 valence electrons. The fraction of sp³-hybridized carbons (Fsp3) is 0.263. The third kappa shape index (κ3) is 3.82. The van der Waals surface area contributed by atoms with Crippen LogP contribution in [-0.2, 0) is 11.3 Å². The Morgan fingerprint density at radius 2 is 2.05 bits per heavy atom. The largest absolute Gasteiger partial charge is 0.352 e. The molecule has 3 heteroatoms. The van der Waals surface area contributed by atoms with Crippen LogP contribution in [0.25, 0.3) is 11.1 Å². The van der Waals surface area contributed by atoms with E-state index in [2.05, 4.69) is 46.7 Å². The van der Waals surface area contributed by atoms with E-state index in [1.165, 1.54) is 0 Å². The summed E-state index contributed by atoms with van der Waals surface area (Å²) < 4.78 is 0. The topological polar surface area (TPSA) is 42.0 Å². The lowest BCUT2D eigenvalue weighted by atomic mass is 10.0. The summed E-state index contributed by atoms with van der Waals surface area (Å²) in [6.45, 7) is 0.586. The van der Waals surface area contributed by atoms with E-state index < -0.39 is 0 Å². The first-order valence-electron chi connectivity index (χ1n) is 7.74. The number of benzene rings is 1. The van der Waals surface area contributed by atoms with Crippen molar-refractivity contribution < 1.29 is 4.79 Å². The van der Waals surface area contributed by atoms with E-state index in [0.717, 1.165) is 29.5 Å². The predicted octanol–water partition coefficient (Wildman–Crippen LogP) is 3.72. The van der Waals surface area contributed by atoms with Gasteiger partial charge in [0.1, 0.15) is 0 Å². The van der Waals surface area contributed by atoms with Crippen molar-refractivity contribution in [2.45, 2.75) is 25.8 Å². The van der Waals surface area contributed by atoms with Gasteiger partial charge in [0, 0.05) is 25.4 Å². The molecule has 0 aliphatic heterocycles. The fourth-order valence-corrected chi connectivity index (χ4v) is 2.72. The van der Waals surface area contributed by atoms with Crippen molar-refractivity contribution in [2.75, 3.05) is 0 Å². The van der Waals surface area contributed by atoms with Gasteiger partial charge in [-0.25, -0.2) is 0 Å². The molecule has 22 heavy (non-hydrogen) atoms. The number of hydrogen-bond acceptors (Lipinski definition) is 2. The van der Waals surface area contributed by atoms with Gasteiger partial charge in [0.15, 0.2) is 0 Å². The van der Waals surface area contributed by atoms with Gasteiger partial charge in [-0.15, -0.1) is 0 Å². The molecule has 0 unspecified atom stereocenters. The van der Waals surface area contributed by atoms with Crippen LogP contribution in [0.2, 0.25) is 0 Å². The molecule has 0 saturated heterocycles. The van der Waals surface area contributed by atoms with Crippen molar-refractivity contribution in [1.29, 1.82) is 0 Å². The van der Waals surface area contributed by atoms with Gasteiger partial charge in [-0.3, -0.25) is 9.78 Å². The Hall–Kier alpha value is -2.42. The first-order chi connectivity index (χ1) is 10.8. The SMILES string of the molecule is O=C(C[C@H]1C=CCC1)NCc1ccc(-c2cccnc2)cc1. The molecule has 1 aromatic carbocycles. The summed E-state index contributed by atoms with van der Waals surface area (Å²) in [7, 11) is 0. The van der Waals surface area contributed by atoms with Gasteiger partial charge in [0.2, 0.25) is 5.91 Å². The molecular weight excluding hydrogens is 272 g/mol. The molecule has 1 amide bonds. The molecule has 1 N–H and O–H groups in total. The zero-order chi connectivity index (χ0) is 15.2. The highest BCUT2D eigenvalue weighted by Crippen LogP contribution is 2.20. The van der Waals surface area contributed by atoms with Gasteiger partial charge >= 0.3 is 0 Å². The number of nitrogens with one attached hydrogen (secondary N) is 1. The highest BCUT2D eigenvalue weighted by molar-refractivity contribution is 5.76. The lowest BCUT2D eigenvalue weighted by molar-refractivity contribution is -0.121. The monoisotopic (exact) mass is 292 g/mol. The van der Waals surface area contributed by atoms with E-state index in [1.807, 2.05) is 18.3 Å². The van der Waals surface area contributed by atoms with E-state index in [0.29, 0.717) is 18.9 Å². The molecule has 0 radical (unpaired) electrons. The molecule has 3 rings (SSSR count). The maximum absolute atomic E-state index is 11.9. The molecule has 1 atom stereocenters. The Balaban J connectivity index is 1.53. The van der Waals surface area contributed by atoms with Crippen LogP contribution >= 0.6 is 0 Å². The minimum atomic E-state index is 0.132. The van der Waals surface area contributed by atoms with E-state index in [4.69, 9.17) is 0 Å². The van der Waals surface area contributed by atoms with Crippen LogP contribution in [0, 0.1) is 5.92 Å². The van der Waals surface area contributed by atoms with Gasteiger partial charge in [0.25, 0.3) is 0 Å². The first kappa shape index (κ1) is 14.5. The Kier molecular flexibility index (Phi) is 4.64. The number of amides is 1. The van der Waals surface area contributed by atoms with Crippen molar-refractivity contribution in [3.63, 3.8) is 0 Å². The Morgan fingerprint density at radius 3 is 2.73 bits per heavy atom. The van der Waals surface area contributed by atoms with E-state index in [-0.39, 0.29) is 5.91 Å². The van der Waals surface area contributed by atoms with Crippen LogP contribution in [0.4, 0.5) is 0 Å². The Bertz CT molecular complexity index is 647. The number of allylic oxidation sites excluding steroid dienone is 2. The summed E-state index contributed by atoms with van der Waals surface area (Å²) in [6.07, 6.45) is 10.8. The fourth-order valence-electron chi connectivity index (χ4n) is 2.72. The molecule has 1 aromatic heterocycles. The average molecular weight is 292 g/mol.